The monoisotopic (exact) mass is 452 g/mol. The molecule has 0 bridgehead atoms. The van der Waals surface area contributed by atoms with Crippen LogP contribution in [0.3, 0.4) is 0 Å². The summed E-state index contributed by atoms with van der Waals surface area (Å²) in [5.41, 5.74) is 2.62. The summed E-state index contributed by atoms with van der Waals surface area (Å²) in [7, 11) is 0. The third-order valence-electron chi connectivity index (χ3n) is 6.59. The number of aryl methyl sites for hydroxylation is 1. The van der Waals surface area contributed by atoms with Gasteiger partial charge in [-0.3, -0.25) is 9.69 Å². The molecule has 4 rings (SSSR count). The van der Waals surface area contributed by atoms with Gasteiger partial charge in [0.05, 0.1) is 24.4 Å². The third kappa shape index (κ3) is 5.75. The van der Waals surface area contributed by atoms with Gasteiger partial charge in [0.2, 0.25) is 0 Å². The van der Waals surface area contributed by atoms with Crippen molar-refractivity contribution in [1.29, 1.82) is 0 Å². The van der Waals surface area contributed by atoms with Gasteiger partial charge in [0.1, 0.15) is 5.75 Å². The van der Waals surface area contributed by atoms with Crippen LogP contribution in [0, 0.1) is 6.92 Å². The van der Waals surface area contributed by atoms with Crippen molar-refractivity contribution in [2.75, 3.05) is 32.8 Å². The van der Waals surface area contributed by atoms with E-state index in [0.29, 0.717) is 18.7 Å². The Morgan fingerprint density at radius 2 is 1.91 bits per heavy atom. The summed E-state index contributed by atoms with van der Waals surface area (Å²) in [6.45, 7) is 9.68. The standard InChI is InChI=1S/C27H36N2O4/c1-20(2)32-25-10-9-23(15-21(25)3)26(31)29-13-11-27(12-14-29)19-28(17-24(18-30)33-27)16-22-7-5-4-6-8-22/h4-10,15,20,24,30H,11-14,16-19H2,1-3H3. The molecule has 2 saturated heterocycles. The molecule has 2 aromatic carbocycles. The molecule has 178 valence electrons. The number of aliphatic hydroxyl groups is 1. The average Bonchev–Trinajstić information content (AvgIpc) is 2.80. The smallest absolute Gasteiger partial charge is 0.253 e. The molecule has 0 aromatic heterocycles. The summed E-state index contributed by atoms with van der Waals surface area (Å²) >= 11 is 0. The van der Waals surface area contributed by atoms with Gasteiger partial charge in [0.15, 0.2) is 0 Å². The van der Waals surface area contributed by atoms with Crippen LogP contribution in [0.1, 0.15) is 48.2 Å². The number of aliphatic hydroxyl groups excluding tert-OH is 1. The molecule has 2 aromatic rings. The van der Waals surface area contributed by atoms with E-state index in [2.05, 4.69) is 29.2 Å². The summed E-state index contributed by atoms with van der Waals surface area (Å²) in [4.78, 5) is 17.5. The summed E-state index contributed by atoms with van der Waals surface area (Å²) in [5, 5.41) is 9.85. The van der Waals surface area contributed by atoms with Gasteiger partial charge in [-0.25, -0.2) is 0 Å². The van der Waals surface area contributed by atoms with Crippen molar-refractivity contribution in [2.45, 2.75) is 58.0 Å². The molecule has 33 heavy (non-hydrogen) atoms. The minimum absolute atomic E-state index is 0.0136. The quantitative estimate of drug-likeness (QED) is 0.725. The number of hydrogen-bond donors (Lipinski definition) is 1. The van der Waals surface area contributed by atoms with E-state index in [9.17, 15) is 9.90 Å². The minimum Gasteiger partial charge on any atom is -0.491 e. The predicted octanol–water partition coefficient (Wildman–Crippen LogP) is 3.65. The first kappa shape index (κ1) is 23.7. The van der Waals surface area contributed by atoms with E-state index in [1.54, 1.807) is 0 Å². The van der Waals surface area contributed by atoms with E-state index in [0.717, 1.165) is 43.8 Å². The van der Waals surface area contributed by atoms with Crippen molar-refractivity contribution in [3.05, 3.63) is 65.2 Å². The summed E-state index contributed by atoms with van der Waals surface area (Å²) in [6.07, 6.45) is 1.45. The van der Waals surface area contributed by atoms with Crippen molar-refractivity contribution in [3.8, 4) is 5.75 Å². The van der Waals surface area contributed by atoms with Crippen LogP contribution in [-0.2, 0) is 11.3 Å². The van der Waals surface area contributed by atoms with Crippen LogP contribution < -0.4 is 4.74 Å². The molecule has 2 aliphatic heterocycles. The molecule has 0 radical (unpaired) electrons. The van der Waals surface area contributed by atoms with Gasteiger partial charge in [0, 0.05) is 38.3 Å². The van der Waals surface area contributed by atoms with E-state index < -0.39 is 0 Å². The Bertz CT molecular complexity index is 938. The average molecular weight is 453 g/mol. The lowest BCUT2D eigenvalue weighted by Crippen LogP contribution is -2.60. The first-order chi connectivity index (χ1) is 15.9. The maximum atomic E-state index is 13.2. The Labute approximate surface area is 197 Å². The molecule has 1 atom stereocenters. The van der Waals surface area contributed by atoms with E-state index >= 15 is 0 Å². The number of likely N-dealkylation sites (tertiary alicyclic amines) is 1. The van der Waals surface area contributed by atoms with Gasteiger partial charge in [-0.05, 0) is 62.9 Å². The zero-order chi connectivity index (χ0) is 23.4. The van der Waals surface area contributed by atoms with Gasteiger partial charge in [0.25, 0.3) is 5.91 Å². The van der Waals surface area contributed by atoms with Crippen molar-refractivity contribution >= 4 is 5.91 Å². The molecule has 2 fully saturated rings. The predicted molar refractivity (Wildman–Crippen MR) is 128 cm³/mol. The number of carbonyl (C=O) groups excluding carboxylic acids is 1. The number of piperidine rings is 1. The Hall–Kier alpha value is -2.41. The van der Waals surface area contributed by atoms with Crippen LogP contribution in [-0.4, -0.2) is 71.4 Å². The van der Waals surface area contributed by atoms with E-state index in [1.165, 1.54) is 5.56 Å². The highest BCUT2D eigenvalue weighted by atomic mass is 16.5. The molecular formula is C27H36N2O4. The number of amides is 1. The first-order valence-corrected chi connectivity index (χ1v) is 12.0. The van der Waals surface area contributed by atoms with Crippen molar-refractivity contribution in [2.24, 2.45) is 0 Å². The number of benzene rings is 2. The minimum atomic E-state index is -0.317. The van der Waals surface area contributed by atoms with Gasteiger partial charge >= 0.3 is 0 Å². The third-order valence-corrected chi connectivity index (χ3v) is 6.59. The second kappa shape index (κ2) is 10.2. The van der Waals surface area contributed by atoms with Crippen LogP contribution in [0.4, 0.5) is 0 Å². The van der Waals surface area contributed by atoms with Crippen LogP contribution in [0.5, 0.6) is 5.75 Å². The summed E-state index contributed by atoms with van der Waals surface area (Å²) < 4.78 is 12.2. The molecule has 6 nitrogen and oxygen atoms in total. The molecule has 1 N–H and O–H groups in total. The SMILES string of the molecule is Cc1cc(C(=O)N2CCC3(CC2)CN(Cc2ccccc2)CC(CO)O3)ccc1OC(C)C. The lowest BCUT2D eigenvalue weighted by Gasteiger charge is -2.49. The van der Waals surface area contributed by atoms with Gasteiger partial charge < -0.3 is 19.5 Å². The molecule has 1 unspecified atom stereocenters. The number of ether oxygens (including phenoxy) is 2. The normalized spacial score (nSPS) is 20.9. The Balaban J connectivity index is 1.40. The lowest BCUT2D eigenvalue weighted by atomic mass is 9.88. The van der Waals surface area contributed by atoms with Crippen LogP contribution in [0.25, 0.3) is 0 Å². The summed E-state index contributed by atoms with van der Waals surface area (Å²) in [5.74, 6) is 0.878. The maximum absolute atomic E-state index is 13.2. The molecule has 0 saturated carbocycles. The number of morpholine rings is 1. The molecule has 6 heteroatoms. The van der Waals surface area contributed by atoms with Crippen molar-refractivity contribution in [3.63, 3.8) is 0 Å². The van der Waals surface area contributed by atoms with Crippen molar-refractivity contribution < 1.29 is 19.4 Å². The number of hydrogen-bond acceptors (Lipinski definition) is 5. The molecule has 0 aliphatic carbocycles. The summed E-state index contributed by atoms with van der Waals surface area (Å²) in [6, 6.07) is 16.1. The fraction of sp³-hybridized carbons (Fsp3) is 0.519. The highest BCUT2D eigenvalue weighted by Gasteiger charge is 2.43. The largest absolute Gasteiger partial charge is 0.491 e. The van der Waals surface area contributed by atoms with Crippen LogP contribution >= 0.6 is 0 Å². The van der Waals surface area contributed by atoms with Gasteiger partial charge in [-0.2, -0.15) is 0 Å². The fourth-order valence-electron chi connectivity index (χ4n) is 4.99. The van der Waals surface area contributed by atoms with E-state index in [-0.39, 0.29) is 30.3 Å². The van der Waals surface area contributed by atoms with Gasteiger partial charge in [-0.1, -0.05) is 30.3 Å². The lowest BCUT2D eigenvalue weighted by molar-refractivity contribution is -0.184. The second-order valence-electron chi connectivity index (χ2n) is 9.70. The fourth-order valence-corrected chi connectivity index (χ4v) is 4.99. The Kier molecular flexibility index (Phi) is 7.37. The molecular weight excluding hydrogens is 416 g/mol. The first-order valence-electron chi connectivity index (χ1n) is 12.0. The maximum Gasteiger partial charge on any atom is 0.253 e. The molecule has 1 spiro atoms. The molecule has 1 amide bonds. The Morgan fingerprint density at radius 3 is 2.55 bits per heavy atom. The zero-order valence-corrected chi connectivity index (χ0v) is 20.0. The number of rotatable bonds is 6. The second-order valence-corrected chi connectivity index (χ2v) is 9.70. The van der Waals surface area contributed by atoms with Crippen LogP contribution in [0.15, 0.2) is 48.5 Å². The molecule has 2 aliphatic rings. The van der Waals surface area contributed by atoms with Crippen molar-refractivity contribution in [1.82, 2.24) is 9.80 Å². The molecule has 2 heterocycles. The van der Waals surface area contributed by atoms with E-state index in [1.807, 2.05) is 49.9 Å². The topological polar surface area (TPSA) is 62.2 Å². The van der Waals surface area contributed by atoms with Gasteiger partial charge in [-0.15, -0.1) is 0 Å². The highest BCUT2D eigenvalue weighted by molar-refractivity contribution is 5.94. The highest BCUT2D eigenvalue weighted by Crippen LogP contribution is 2.34. The number of nitrogens with zero attached hydrogens (tertiary/aromatic N) is 2. The van der Waals surface area contributed by atoms with Crippen LogP contribution in [0.2, 0.25) is 0 Å². The van der Waals surface area contributed by atoms with E-state index in [4.69, 9.17) is 9.47 Å². The zero-order valence-electron chi connectivity index (χ0n) is 20.0. The number of carbonyl (C=O) groups is 1. The Morgan fingerprint density at radius 1 is 1.18 bits per heavy atom.